The van der Waals surface area contributed by atoms with Gasteiger partial charge in [-0.25, -0.2) is 0 Å². The summed E-state index contributed by atoms with van der Waals surface area (Å²) in [5, 5.41) is 3.00. The summed E-state index contributed by atoms with van der Waals surface area (Å²) in [5.74, 6) is 0.0886. The van der Waals surface area contributed by atoms with Crippen molar-refractivity contribution in [3.8, 4) is 0 Å². The van der Waals surface area contributed by atoms with Crippen LogP contribution >= 0.6 is 0 Å². The fourth-order valence-corrected chi connectivity index (χ4v) is 4.36. The number of carbonyl (C=O) groups is 2. The molecule has 0 aromatic heterocycles. The Morgan fingerprint density at radius 2 is 1.71 bits per heavy atom. The molecule has 2 amide bonds. The van der Waals surface area contributed by atoms with Gasteiger partial charge in [-0.05, 0) is 62.2 Å². The summed E-state index contributed by atoms with van der Waals surface area (Å²) in [6.45, 7) is 9.86. The highest BCUT2D eigenvalue weighted by atomic mass is 16.2. The number of hydrogen-bond acceptors (Lipinski definition) is 4. The molecule has 0 bridgehead atoms. The van der Waals surface area contributed by atoms with Crippen molar-refractivity contribution in [1.82, 2.24) is 10.2 Å². The van der Waals surface area contributed by atoms with Gasteiger partial charge < -0.3 is 15.1 Å². The molecule has 2 saturated heterocycles. The molecule has 2 aliphatic heterocycles. The molecule has 2 aromatic rings. The van der Waals surface area contributed by atoms with E-state index in [2.05, 4.69) is 29.0 Å². The SMILES string of the molecule is CC(C)N1CCN(c2ccc(C(=O)NCc3cccc(N4CCCC4=O)c3)cc2)CC1. The van der Waals surface area contributed by atoms with Gasteiger partial charge in [0.25, 0.3) is 5.91 Å². The van der Waals surface area contributed by atoms with Crippen LogP contribution in [0.3, 0.4) is 0 Å². The van der Waals surface area contributed by atoms with E-state index in [0.29, 0.717) is 24.6 Å². The number of benzene rings is 2. The van der Waals surface area contributed by atoms with Gasteiger partial charge in [0.15, 0.2) is 0 Å². The number of piperazine rings is 1. The lowest BCUT2D eigenvalue weighted by Gasteiger charge is -2.38. The number of anilines is 2. The highest BCUT2D eigenvalue weighted by Crippen LogP contribution is 2.22. The van der Waals surface area contributed by atoms with Crippen molar-refractivity contribution < 1.29 is 9.59 Å². The van der Waals surface area contributed by atoms with E-state index >= 15 is 0 Å². The molecule has 0 radical (unpaired) electrons. The quantitative estimate of drug-likeness (QED) is 0.779. The Balaban J connectivity index is 1.32. The van der Waals surface area contributed by atoms with Crippen LogP contribution in [0.5, 0.6) is 0 Å². The normalized spacial score (nSPS) is 17.5. The van der Waals surface area contributed by atoms with E-state index in [0.717, 1.165) is 50.4 Å². The Hall–Kier alpha value is -2.86. The maximum atomic E-state index is 12.6. The van der Waals surface area contributed by atoms with Crippen molar-refractivity contribution in [2.75, 3.05) is 42.5 Å². The molecule has 6 nitrogen and oxygen atoms in total. The molecule has 0 aliphatic carbocycles. The highest BCUT2D eigenvalue weighted by molar-refractivity contribution is 5.96. The first-order valence-corrected chi connectivity index (χ1v) is 11.3. The summed E-state index contributed by atoms with van der Waals surface area (Å²) in [4.78, 5) is 31.3. The number of carbonyl (C=O) groups excluding carboxylic acids is 2. The zero-order valence-electron chi connectivity index (χ0n) is 18.5. The summed E-state index contributed by atoms with van der Waals surface area (Å²) in [6.07, 6.45) is 1.52. The molecule has 0 spiro atoms. The molecule has 164 valence electrons. The van der Waals surface area contributed by atoms with E-state index in [1.165, 1.54) is 5.69 Å². The zero-order valence-corrected chi connectivity index (χ0v) is 18.5. The molecule has 2 aromatic carbocycles. The van der Waals surface area contributed by atoms with Crippen LogP contribution in [0.15, 0.2) is 48.5 Å². The van der Waals surface area contributed by atoms with E-state index in [1.807, 2.05) is 53.4 Å². The van der Waals surface area contributed by atoms with Gasteiger partial charge in [-0.1, -0.05) is 12.1 Å². The summed E-state index contributed by atoms with van der Waals surface area (Å²) in [7, 11) is 0. The Bertz CT molecular complexity index is 917. The highest BCUT2D eigenvalue weighted by Gasteiger charge is 2.22. The average Bonchev–Trinajstić information content (AvgIpc) is 3.23. The zero-order chi connectivity index (χ0) is 21.8. The van der Waals surface area contributed by atoms with Crippen LogP contribution in [0.4, 0.5) is 11.4 Å². The molecule has 6 heteroatoms. The van der Waals surface area contributed by atoms with Crippen LogP contribution < -0.4 is 15.1 Å². The lowest BCUT2D eigenvalue weighted by atomic mass is 10.1. The van der Waals surface area contributed by atoms with Gasteiger partial charge in [0.2, 0.25) is 5.91 Å². The topological polar surface area (TPSA) is 55.9 Å². The second-order valence-electron chi connectivity index (χ2n) is 8.67. The number of rotatable bonds is 6. The van der Waals surface area contributed by atoms with Crippen molar-refractivity contribution >= 4 is 23.2 Å². The Morgan fingerprint density at radius 3 is 2.35 bits per heavy atom. The van der Waals surface area contributed by atoms with E-state index < -0.39 is 0 Å². The standard InChI is InChI=1S/C25H32N4O2/c1-19(2)27-13-15-28(16-14-27)22-10-8-21(9-11-22)25(31)26-18-20-5-3-6-23(17-20)29-12-4-7-24(29)30/h3,5-6,8-11,17,19H,4,7,12-16,18H2,1-2H3,(H,26,31). The second kappa shape index (κ2) is 9.52. The molecule has 2 aliphatic rings. The third kappa shape index (κ3) is 5.07. The summed E-state index contributed by atoms with van der Waals surface area (Å²) >= 11 is 0. The first kappa shape index (κ1) is 21.4. The number of nitrogens with one attached hydrogen (secondary N) is 1. The van der Waals surface area contributed by atoms with Crippen molar-refractivity contribution in [2.45, 2.75) is 39.3 Å². The molecule has 1 N–H and O–H groups in total. The van der Waals surface area contributed by atoms with Crippen LogP contribution in [-0.4, -0.2) is 55.5 Å². The molecule has 4 rings (SSSR count). The fourth-order valence-electron chi connectivity index (χ4n) is 4.36. The van der Waals surface area contributed by atoms with Gasteiger partial charge in [0.1, 0.15) is 0 Å². The van der Waals surface area contributed by atoms with Gasteiger partial charge in [-0.2, -0.15) is 0 Å². The van der Waals surface area contributed by atoms with Crippen LogP contribution in [0, 0.1) is 0 Å². The third-order valence-electron chi connectivity index (χ3n) is 6.29. The first-order valence-electron chi connectivity index (χ1n) is 11.3. The average molecular weight is 421 g/mol. The minimum absolute atomic E-state index is 0.0844. The van der Waals surface area contributed by atoms with Crippen LogP contribution in [-0.2, 0) is 11.3 Å². The van der Waals surface area contributed by atoms with Crippen molar-refractivity contribution in [3.63, 3.8) is 0 Å². The van der Waals surface area contributed by atoms with Crippen LogP contribution in [0.2, 0.25) is 0 Å². The van der Waals surface area contributed by atoms with Gasteiger partial charge >= 0.3 is 0 Å². The minimum atomic E-state index is -0.0844. The Labute approximate surface area is 184 Å². The minimum Gasteiger partial charge on any atom is -0.369 e. The predicted molar refractivity (Wildman–Crippen MR) is 125 cm³/mol. The molecule has 2 heterocycles. The summed E-state index contributed by atoms with van der Waals surface area (Å²) in [5.41, 5.74) is 3.74. The van der Waals surface area contributed by atoms with E-state index in [-0.39, 0.29) is 11.8 Å². The van der Waals surface area contributed by atoms with Crippen molar-refractivity contribution in [1.29, 1.82) is 0 Å². The smallest absolute Gasteiger partial charge is 0.251 e. The summed E-state index contributed by atoms with van der Waals surface area (Å²) in [6, 6.07) is 16.3. The van der Waals surface area contributed by atoms with Gasteiger partial charge in [0.05, 0.1) is 0 Å². The molecule has 0 unspecified atom stereocenters. The number of hydrogen-bond donors (Lipinski definition) is 1. The van der Waals surface area contributed by atoms with E-state index in [4.69, 9.17) is 0 Å². The Kier molecular flexibility index (Phi) is 6.56. The van der Waals surface area contributed by atoms with Gasteiger partial charge in [-0.3, -0.25) is 14.5 Å². The Morgan fingerprint density at radius 1 is 0.968 bits per heavy atom. The molecule has 0 saturated carbocycles. The van der Waals surface area contributed by atoms with Gasteiger partial charge in [-0.15, -0.1) is 0 Å². The molecular formula is C25H32N4O2. The summed E-state index contributed by atoms with van der Waals surface area (Å²) < 4.78 is 0. The molecule has 0 atom stereocenters. The number of amides is 2. The molecular weight excluding hydrogens is 388 g/mol. The van der Waals surface area contributed by atoms with Crippen LogP contribution in [0.1, 0.15) is 42.6 Å². The maximum Gasteiger partial charge on any atom is 0.251 e. The number of nitrogens with zero attached hydrogens (tertiary/aromatic N) is 3. The van der Waals surface area contributed by atoms with Gasteiger partial charge in [0, 0.05) is 68.7 Å². The van der Waals surface area contributed by atoms with E-state index in [9.17, 15) is 9.59 Å². The monoisotopic (exact) mass is 420 g/mol. The third-order valence-corrected chi connectivity index (χ3v) is 6.29. The first-order chi connectivity index (χ1) is 15.0. The maximum absolute atomic E-state index is 12.6. The van der Waals surface area contributed by atoms with Crippen molar-refractivity contribution in [3.05, 3.63) is 59.7 Å². The molecule has 31 heavy (non-hydrogen) atoms. The fraction of sp³-hybridized carbons (Fsp3) is 0.440. The largest absolute Gasteiger partial charge is 0.369 e. The lowest BCUT2D eigenvalue weighted by molar-refractivity contribution is -0.117. The molecule has 2 fully saturated rings. The second-order valence-corrected chi connectivity index (χ2v) is 8.67. The lowest BCUT2D eigenvalue weighted by Crippen LogP contribution is -2.48. The van der Waals surface area contributed by atoms with Crippen LogP contribution in [0.25, 0.3) is 0 Å². The van der Waals surface area contributed by atoms with Crippen molar-refractivity contribution in [2.24, 2.45) is 0 Å². The predicted octanol–water partition coefficient (Wildman–Crippen LogP) is 3.27. The van der Waals surface area contributed by atoms with E-state index in [1.54, 1.807) is 0 Å².